The molecule has 0 bridgehead atoms. The first-order valence-corrected chi connectivity index (χ1v) is 10.00. The summed E-state index contributed by atoms with van der Waals surface area (Å²) in [5.41, 5.74) is 0. The lowest BCUT2D eigenvalue weighted by Crippen LogP contribution is -2.46. The van der Waals surface area contributed by atoms with Crippen molar-refractivity contribution in [3.63, 3.8) is 0 Å². The molecule has 2 fully saturated rings. The van der Waals surface area contributed by atoms with E-state index in [4.69, 9.17) is 0 Å². The molecule has 2 heterocycles. The van der Waals surface area contributed by atoms with Crippen LogP contribution in [-0.4, -0.2) is 105 Å². The zero-order chi connectivity index (χ0) is 19.9. The maximum absolute atomic E-state index is 12.5. The second kappa shape index (κ2) is 10.5. The van der Waals surface area contributed by atoms with Gasteiger partial charge in [0.15, 0.2) is 5.96 Å². The first-order chi connectivity index (χ1) is 12.7. The largest absolute Gasteiger partial charge is 0.401 e. The summed E-state index contributed by atoms with van der Waals surface area (Å²) >= 11 is 0. The van der Waals surface area contributed by atoms with Crippen LogP contribution in [0.2, 0.25) is 0 Å². The van der Waals surface area contributed by atoms with Gasteiger partial charge in [-0.05, 0) is 26.3 Å². The zero-order valence-corrected chi connectivity index (χ0v) is 16.9. The summed E-state index contributed by atoms with van der Waals surface area (Å²) in [5, 5.41) is 6.52. The molecule has 27 heavy (non-hydrogen) atoms. The summed E-state index contributed by atoms with van der Waals surface area (Å²) in [6.07, 6.45) is -3.43. The molecule has 0 amide bonds. The van der Waals surface area contributed by atoms with Crippen molar-refractivity contribution in [2.75, 3.05) is 72.5 Å². The van der Waals surface area contributed by atoms with Crippen LogP contribution in [0.25, 0.3) is 0 Å². The highest BCUT2D eigenvalue weighted by Crippen LogP contribution is 2.19. The number of piperazine rings is 1. The van der Waals surface area contributed by atoms with Gasteiger partial charge in [-0.1, -0.05) is 6.92 Å². The molecule has 0 aromatic carbocycles. The maximum atomic E-state index is 12.5. The van der Waals surface area contributed by atoms with Crippen LogP contribution in [0, 0.1) is 5.92 Å². The molecule has 0 aromatic heterocycles. The number of halogens is 3. The summed E-state index contributed by atoms with van der Waals surface area (Å²) in [4.78, 5) is 11.0. The number of hydrogen-bond acceptors (Lipinski definition) is 4. The van der Waals surface area contributed by atoms with Crippen LogP contribution in [0.5, 0.6) is 0 Å². The molecule has 2 rings (SSSR count). The molecule has 0 saturated carbocycles. The maximum Gasteiger partial charge on any atom is 0.401 e. The molecule has 2 aliphatic heterocycles. The Morgan fingerprint density at radius 3 is 2.48 bits per heavy atom. The molecule has 9 heteroatoms. The van der Waals surface area contributed by atoms with Gasteiger partial charge >= 0.3 is 6.18 Å². The van der Waals surface area contributed by atoms with E-state index in [1.54, 1.807) is 0 Å². The van der Waals surface area contributed by atoms with E-state index < -0.39 is 12.7 Å². The number of guanidine groups is 1. The lowest BCUT2D eigenvalue weighted by molar-refractivity contribution is -0.143. The van der Waals surface area contributed by atoms with Crippen LogP contribution in [-0.2, 0) is 0 Å². The fourth-order valence-corrected chi connectivity index (χ4v) is 3.64. The van der Waals surface area contributed by atoms with Crippen molar-refractivity contribution in [2.24, 2.45) is 10.9 Å². The SMILES string of the molecule is CCNC(=NCC(C)CN1CCN(C)CC1)NC1CCN(CC(F)(F)F)C1. The number of alkyl halides is 3. The molecule has 0 aliphatic carbocycles. The van der Waals surface area contributed by atoms with Crippen molar-refractivity contribution in [3.8, 4) is 0 Å². The Morgan fingerprint density at radius 2 is 1.85 bits per heavy atom. The van der Waals surface area contributed by atoms with E-state index in [9.17, 15) is 13.2 Å². The quantitative estimate of drug-likeness (QED) is 0.501. The number of likely N-dealkylation sites (N-methyl/N-ethyl adjacent to an activating group) is 1. The van der Waals surface area contributed by atoms with Gasteiger partial charge in [0, 0.05) is 64.9 Å². The number of hydrogen-bond donors (Lipinski definition) is 2. The van der Waals surface area contributed by atoms with Crippen LogP contribution in [0.3, 0.4) is 0 Å². The molecule has 2 saturated heterocycles. The predicted octanol–water partition coefficient (Wildman–Crippen LogP) is 1.06. The van der Waals surface area contributed by atoms with Gasteiger partial charge in [-0.3, -0.25) is 9.89 Å². The van der Waals surface area contributed by atoms with E-state index in [0.717, 1.165) is 39.3 Å². The molecule has 0 aromatic rings. The van der Waals surface area contributed by atoms with Gasteiger partial charge < -0.3 is 20.4 Å². The third-order valence-corrected chi connectivity index (χ3v) is 5.09. The smallest absolute Gasteiger partial charge is 0.357 e. The molecule has 158 valence electrons. The number of likely N-dealkylation sites (tertiary alicyclic amines) is 1. The second-order valence-corrected chi connectivity index (χ2v) is 7.91. The van der Waals surface area contributed by atoms with E-state index in [1.165, 1.54) is 4.90 Å². The average Bonchev–Trinajstić information content (AvgIpc) is 3.00. The lowest BCUT2D eigenvalue weighted by Gasteiger charge is -2.33. The number of nitrogens with zero attached hydrogens (tertiary/aromatic N) is 4. The van der Waals surface area contributed by atoms with Crippen molar-refractivity contribution in [1.82, 2.24) is 25.3 Å². The Morgan fingerprint density at radius 1 is 1.15 bits per heavy atom. The highest BCUT2D eigenvalue weighted by Gasteiger charge is 2.34. The van der Waals surface area contributed by atoms with Crippen molar-refractivity contribution in [2.45, 2.75) is 32.5 Å². The van der Waals surface area contributed by atoms with Gasteiger partial charge in [0.05, 0.1) is 6.54 Å². The van der Waals surface area contributed by atoms with Crippen LogP contribution >= 0.6 is 0 Å². The van der Waals surface area contributed by atoms with E-state index in [2.05, 4.69) is 39.4 Å². The van der Waals surface area contributed by atoms with Crippen LogP contribution < -0.4 is 10.6 Å². The Balaban J connectivity index is 1.76. The molecule has 0 radical (unpaired) electrons. The van der Waals surface area contributed by atoms with Gasteiger partial charge in [0.1, 0.15) is 0 Å². The van der Waals surface area contributed by atoms with Gasteiger partial charge in [-0.25, -0.2) is 0 Å². The first kappa shape index (κ1) is 22.2. The highest BCUT2D eigenvalue weighted by molar-refractivity contribution is 5.80. The Bertz CT molecular complexity index is 463. The molecular weight excluding hydrogens is 357 g/mol. The molecule has 2 unspecified atom stereocenters. The van der Waals surface area contributed by atoms with Crippen molar-refractivity contribution < 1.29 is 13.2 Å². The average molecular weight is 393 g/mol. The van der Waals surface area contributed by atoms with Gasteiger partial charge in [0.2, 0.25) is 0 Å². The van der Waals surface area contributed by atoms with E-state index >= 15 is 0 Å². The summed E-state index contributed by atoms with van der Waals surface area (Å²) < 4.78 is 37.6. The fraction of sp³-hybridized carbons (Fsp3) is 0.944. The summed E-state index contributed by atoms with van der Waals surface area (Å²) in [6.45, 7) is 11.1. The minimum atomic E-state index is -4.13. The van der Waals surface area contributed by atoms with Crippen LogP contribution in [0.15, 0.2) is 4.99 Å². The fourth-order valence-electron chi connectivity index (χ4n) is 3.64. The number of nitrogens with one attached hydrogen (secondary N) is 2. The third-order valence-electron chi connectivity index (χ3n) is 5.09. The van der Waals surface area contributed by atoms with E-state index in [-0.39, 0.29) is 6.04 Å². The lowest BCUT2D eigenvalue weighted by atomic mass is 10.1. The summed E-state index contributed by atoms with van der Waals surface area (Å²) in [7, 11) is 2.15. The third kappa shape index (κ3) is 8.66. The highest BCUT2D eigenvalue weighted by atomic mass is 19.4. The minimum Gasteiger partial charge on any atom is -0.357 e. The molecule has 0 spiro atoms. The van der Waals surface area contributed by atoms with E-state index in [1.807, 2.05) is 6.92 Å². The normalized spacial score (nSPS) is 25.0. The molecule has 2 atom stereocenters. The van der Waals surface area contributed by atoms with E-state index in [0.29, 0.717) is 37.9 Å². The van der Waals surface area contributed by atoms with Crippen molar-refractivity contribution >= 4 is 5.96 Å². The van der Waals surface area contributed by atoms with Gasteiger partial charge in [-0.15, -0.1) is 0 Å². The minimum absolute atomic E-state index is 0.0121. The predicted molar refractivity (Wildman–Crippen MR) is 103 cm³/mol. The zero-order valence-electron chi connectivity index (χ0n) is 16.9. The standard InChI is InChI=1S/C18H35F3N6/c1-4-22-17(24-16-5-6-27(13-16)14-18(19,20)21)23-11-15(2)12-26-9-7-25(3)8-10-26/h15-16H,4-14H2,1-3H3,(H2,22,23,24). The van der Waals surface area contributed by atoms with Crippen LogP contribution in [0.4, 0.5) is 13.2 Å². The Labute approximate surface area is 161 Å². The topological polar surface area (TPSA) is 46.1 Å². The summed E-state index contributed by atoms with van der Waals surface area (Å²) in [5.74, 6) is 1.15. The molecular formula is C18H35F3N6. The number of aliphatic imine (C=N–C) groups is 1. The molecule has 2 aliphatic rings. The van der Waals surface area contributed by atoms with Gasteiger partial charge in [-0.2, -0.15) is 13.2 Å². The van der Waals surface area contributed by atoms with Gasteiger partial charge in [0.25, 0.3) is 0 Å². The van der Waals surface area contributed by atoms with Crippen LogP contribution in [0.1, 0.15) is 20.3 Å². The monoisotopic (exact) mass is 392 g/mol. The molecule has 2 N–H and O–H groups in total. The van der Waals surface area contributed by atoms with Crippen molar-refractivity contribution in [1.29, 1.82) is 0 Å². The summed E-state index contributed by atoms with van der Waals surface area (Å²) in [6, 6.07) is 0.0121. The molecule has 6 nitrogen and oxygen atoms in total. The second-order valence-electron chi connectivity index (χ2n) is 7.91. The Kier molecular flexibility index (Phi) is 8.62. The number of rotatable bonds is 7. The van der Waals surface area contributed by atoms with Crippen molar-refractivity contribution in [3.05, 3.63) is 0 Å². The first-order valence-electron chi connectivity index (χ1n) is 10.00. The Hall–Kier alpha value is -1.06.